The Bertz CT molecular complexity index is 1330. The van der Waals surface area contributed by atoms with Crippen LogP contribution in [0.1, 0.15) is 43.2 Å². The van der Waals surface area contributed by atoms with Gasteiger partial charge in [-0.2, -0.15) is 0 Å². The van der Waals surface area contributed by atoms with E-state index in [0.717, 1.165) is 34.4 Å². The third-order valence-electron chi connectivity index (χ3n) is 6.14. The van der Waals surface area contributed by atoms with Crippen LogP contribution in [0.3, 0.4) is 0 Å². The van der Waals surface area contributed by atoms with Gasteiger partial charge in [0.15, 0.2) is 0 Å². The van der Waals surface area contributed by atoms with Gasteiger partial charge in [-0.05, 0) is 0 Å². The van der Waals surface area contributed by atoms with Gasteiger partial charge in [-0.25, -0.2) is 0 Å². The van der Waals surface area contributed by atoms with E-state index in [0.29, 0.717) is 25.3 Å². The van der Waals surface area contributed by atoms with Gasteiger partial charge < -0.3 is 0 Å². The number of aromatic nitrogens is 4. The zero-order valence-electron chi connectivity index (χ0n) is 19.5. The topological polar surface area (TPSA) is 75.4 Å². The Morgan fingerprint density at radius 1 is 1.31 bits per heavy atom. The van der Waals surface area contributed by atoms with Gasteiger partial charge >= 0.3 is 219 Å². The van der Waals surface area contributed by atoms with Gasteiger partial charge in [-0.3, -0.25) is 0 Å². The number of imidazole rings is 1. The van der Waals surface area contributed by atoms with Crippen molar-refractivity contribution in [2.45, 2.75) is 55.0 Å². The molecule has 1 saturated carbocycles. The van der Waals surface area contributed by atoms with E-state index in [1.54, 1.807) is 16.8 Å². The second kappa shape index (κ2) is 9.95. The number of hydrogen-bond acceptors (Lipinski definition) is 6. The van der Waals surface area contributed by atoms with Crippen LogP contribution in [0.4, 0.5) is 17.6 Å². The molecule has 1 unspecified atom stereocenters. The Hall–Kier alpha value is -1.57. The summed E-state index contributed by atoms with van der Waals surface area (Å²) >= 11 is 0.196. The Morgan fingerprint density at radius 3 is 2.67 bits per heavy atom. The fraction of sp³-hybridized carbons (Fsp3) is 0.500. The molecule has 194 valence electrons. The molecule has 2 aliphatic rings. The van der Waals surface area contributed by atoms with E-state index in [4.69, 9.17) is 0 Å². The Labute approximate surface area is 218 Å². The Morgan fingerprint density at radius 2 is 2.08 bits per heavy atom. The summed E-state index contributed by atoms with van der Waals surface area (Å²) in [6, 6.07) is 1.99. The van der Waals surface area contributed by atoms with E-state index >= 15 is 0 Å². The van der Waals surface area contributed by atoms with Gasteiger partial charge in [0.05, 0.1) is 0 Å². The average molecular weight is 608 g/mol. The van der Waals surface area contributed by atoms with Crippen molar-refractivity contribution < 1.29 is 21.8 Å². The van der Waals surface area contributed by atoms with Crippen LogP contribution in [0.2, 0.25) is 0 Å². The van der Waals surface area contributed by atoms with E-state index < -0.39 is 48.4 Å². The molecular formula is C22H24F4N6OS2Se. The van der Waals surface area contributed by atoms with E-state index in [-0.39, 0.29) is 9.82 Å². The molecule has 0 amide bonds. The third kappa shape index (κ3) is 5.21. The quantitative estimate of drug-likeness (QED) is 0.236. The maximum absolute atomic E-state index is 13.4. The first-order chi connectivity index (χ1) is 17.1. The summed E-state index contributed by atoms with van der Waals surface area (Å²) in [5.74, 6) is 0.322. The van der Waals surface area contributed by atoms with Crippen molar-refractivity contribution in [2.24, 2.45) is 0 Å². The molecule has 1 N–H and O–H groups in total. The molecule has 0 spiro atoms. The second-order valence-corrected chi connectivity index (χ2v) is 14.1. The molecule has 0 saturated heterocycles. The first-order valence-electron chi connectivity index (χ1n) is 11.4. The van der Waals surface area contributed by atoms with Crippen molar-refractivity contribution in [1.29, 1.82) is 0 Å². The molecule has 3 aromatic heterocycles. The van der Waals surface area contributed by atoms with Crippen molar-refractivity contribution in [3.8, 4) is 10.4 Å². The molecule has 1 fully saturated rings. The van der Waals surface area contributed by atoms with Crippen molar-refractivity contribution in [2.75, 3.05) is 19.8 Å². The number of nitrogens with one attached hydrogen (secondary N) is 1. The minimum atomic E-state index is -4.52. The molecule has 0 radical (unpaired) electrons. The van der Waals surface area contributed by atoms with Crippen LogP contribution in [0, 0.1) is 0 Å². The third-order valence-corrected chi connectivity index (χ3v) is 10.8. The van der Waals surface area contributed by atoms with Crippen LogP contribution in [0.5, 0.6) is 0 Å². The summed E-state index contributed by atoms with van der Waals surface area (Å²) < 4.78 is 71.6. The standard InChI is InChI=1S/C22H24F4N6OS2Se/c1-13(2)35(33)31-7-3-14(4-8-31)16-9-15(34-30-21(12-23)5-6-21)11-32-17(16)10-27-18(32)19-28-29-20(36-19)22(24,25)26/h3,9-11,13,30H,4-8,12H2,1-2H3. The molecule has 3 aromatic rings. The van der Waals surface area contributed by atoms with E-state index in [2.05, 4.69) is 19.9 Å². The van der Waals surface area contributed by atoms with Crippen molar-refractivity contribution in [1.82, 2.24) is 28.6 Å². The summed E-state index contributed by atoms with van der Waals surface area (Å²) in [5.41, 5.74) is 2.16. The van der Waals surface area contributed by atoms with Crippen LogP contribution in [-0.2, 0) is 17.2 Å². The summed E-state index contributed by atoms with van der Waals surface area (Å²) in [7, 11) is -1.07. The number of nitrogens with zero attached hydrogens (tertiary/aromatic N) is 5. The number of rotatable bonds is 8. The van der Waals surface area contributed by atoms with Crippen molar-refractivity contribution in [3.63, 3.8) is 0 Å². The summed E-state index contributed by atoms with van der Waals surface area (Å²) in [5, 5.41) is 7.19. The Balaban J connectivity index is 1.53. The van der Waals surface area contributed by atoms with Gasteiger partial charge in [-0.15, -0.1) is 0 Å². The zero-order chi connectivity index (χ0) is 25.7. The summed E-state index contributed by atoms with van der Waals surface area (Å²) in [6.07, 6.45) is 3.13. The average Bonchev–Trinajstić information content (AvgIpc) is 3.24. The number of fused-ring (bicyclic) bond motifs is 1. The van der Waals surface area contributed by atoms with Crippen LogP contribution in [0.25, 0.3) is 21.5 Å². The second-order valence-electron chi connectivity index (χ2n) is 9.15. The van der Waals surface area contributed by atoms with E-state index in [1.807, 2.05) is 30.3 Å². The van der Waals surface area contributed by atoms with Crippen LogP contribution in [-0.4, -0.2) is 73.2 Å². The fourth-order valence-electron chi connectivity index (χ4n) is 3.91. The molecule has 7 nitrogen and oxygen atoms in total. The zero-order valence-corrected chi connectivity index (χ0v) is 22.9. The molecule has 1 aliphatic carbocycles. The fourth-order valence-corrected chi connectivity index (χ4v) is 7.40. The number of hydrogen-bond donors (Lipinski definition) is 1. The number of alkyl halides is 4. The maximum atomic E-state index is 13.4. The van der Waals surface area contributed by atoms with Crippen LogP contribution >= 0.6 is 11.9 Å². The Kier molecular flexibility index (Phi) is 7.20. The predicted molar refractivity (Wildman–Crippen MR) is 133 cm³/mol. The summed E-state index contributed by atoms with van der Waals surface area (Å²) in [4.78, 5) is 5.21. The molecule has 5 rings (SSSR count). The summed E-state index contributed by atoms with van der Waals surface area (Å²) in [6.45, 7) is 4.54. The van der Waals surface area contributed by atoms with Gasteiger partial charge in [0, 0.05) is 0 Å². The van der Waals surface area contributed by atoms with Gasteiger partial charge in [0.2, 0.25) is 0 Å². The van der Waals surface area contributed by atoms with E-state index in [9.17, 15) is 21.8 Å². The van der Waals surface area contributed by atoms with Crippen LogP contribution < -0.4 is 4.72 Å². The number of halogens is 4. The predicted octanol–water partition coefficient (Wildman–Crippen LogP) is 4.13. The molecule has 1 atom stereocenters. The normalized spacial score (nSPS) is 19.1. The van der Waals surface area contributed by atoms with Crippen molar-refractivity contribution in [3.05, 3.63) is 34.7 Å². The molecule has 4 heterocycles. The van der Waals surface area contributed by atoms with Crippen LogP contribution in [0.15, 0.2) is 29.4 Å². The van der Waals surface area contributed by atoms with Gasteiger partial charge in [0.1, 0.15) is 0 Å². The van der Waals surface area contributed by atoms with Crippen molar-refractivity contribution >= 4 is 48.5 Å². The molecule has 0 aromatic carbocycles. The molecule has 0 bridgehead atoms. The van der Waals surface area contributed by atoms with E-state index in [1.165, 1.54) is 11.9 Å². The van der Waals surface area contributed by atoms with Gasteiger partial charge in [0.25, 0.3) is 0 Å². The van der Waals surface area contributed by atoms with Gasteiger partial charge in [-0.1, -0.05) is 0 Å². The molecule has 36 heavy (non-hydrogen) atoms. The first-order valence-corrected chi connectivity index (χ1v) is 15.1. The first kappa shape index (κ1) is 26.1. The molecule has 14 heteroatoms. The molecule has 1 aliphatic heterocycles. The molecular weight excluding hydrogens is 583 g/mol. The monoisotopic (exact) mass is 608 g/mol. The minimum absolute atomic E-state index is 0.0259. The SMILES string of the molecule is CC(C)S(=O)N1CC=C(c2cc(SNC3(CF)CC3)cn3c(-c4nnc(C(F)(F)F)[se]4)ncc23)CC1. The number of pyridine rings is 1.